The van der Waals surface area contributed by atoms with Gasteiger partial charge in [-0.25, -0.2) is 0 Å². The second kappa shape index (κ2) is 15.7. The molecule has 3 aromatic carbocycles. The monoisotopic (exact) mass is 597 g/mol. The van der Waals surface area contributed by atoms with Crippen molar-refractivity contribution in [3.05, 3.63) is 95.6 Å². The van der Waals surface area contributed by atoms with Crippen LogP contribution in [0, 0.1) is 5.92 Å². The van der Waals surface area contributed by atoms with Crippen molar-refractivity contribution in [2.75, 3.05) is 71.4 Å². The van der Waals surface area contributed by atoms with Crippen LogP contribution in [0.2, 0.25) is 0 Å². The highest BCUT2D eigenvalue weighted by Gasteiger charge is 2.30. The maximum atomic E-state index is 13.3. The molecule has 2 saturated heterocycles. The van der Waals surface area contributed by atoms with E-state index in [2.05, 4.69) is 63.3 Å². The lowest BCUT2D eigenvalue weighted by Gasteiger charge is -2.39. The number of ether oxygens (including phenoxy) is 1. The SMILES string of the molecule is CN(C)CCCOc1ccc(N2CCC(C(=O)N3CCN(Cc4ccc(C(=O)NCc5ccccc5)cc4)CC3)CC2)cc1. The molecule has 0 atom stereocenters. The first-order valence-electron chi connectivity index (χ1n) is 16.0. The fraction of sp³-hybridized carbons (Fsp3) is 0.444. The Kier molecular flexibility index (Phi) is 11.3. The number of hydrogen-bond donors (Lipinski definition) is 1. The zero-order valence-electron chi connectivity index (χ0n) is 26.3. The van der Waals surface area contributed by atoms with Gasteiger partial charge in [0.2, 0.25) is 5.91 Å². The summed E-state index contributed by atoms with van der Waals surface area (Å²) in [6, 6.07) is 26.2. The van der Waals surface area contributed by atoms with Crippen molar-refractivity contribution in [1.82, 2.24) is 20.0 Å². The largest absolute Gasteiger partial charge is 0.494 e. The molecule has 2 amide bonds. The summed E-state index contributed by atoms with van der Waals surface area (Å²) >= 11 is 0. The number of amides is 2. The van der Waals surface area contributed by atoms with Crippen molar-refractivity contribution in [1.29, 1.82) is 0 Å². The number of benzene rings is 3. The Bertz CT molecular complexity index is 1310. The molecule has 2 aliphatic rings. The smallest absolute Gasteiger partial charge is 0.251 e. The number of anilines is 1. The van der Waals surface area contributed by atoms with Gasteiger partial charge in [0.15, 0.2) is 0 Å². The van der Waals surface area contributed by atoms with E-state index < -0.39 is 0 Å². The Morgan fingerprint density at radius 3 is 2.16 bits per heavy atom. The van der Waals surface area contributed by atoms with Gasteiger partial charge in [-0.15, -0.1) is 0 Å². The minimum Gasteiger partial charge on any atom is -0.494 e. The van der Waals surface area contributed by atoms with Crippen LogP contribution in [-0.4, -0.2) is 93.0 Å². The molecule has 0 bridgehead atoms. The Morgan fingerprint density at radius 2 is 1.50 bits per heavy atom. The minimum atomic E-state index is -0.0625. The van der Waals surface area contributed by atoms with Gasteiger partial charge in [0.25, 0.3) is 5.91 Å². The van der Waals surface area contributed by atoms with Gasteiger partial charge < -0.3 is 24.8 Å². The number of nitrogens with zero attached hydrogens (tertiary/aromatic N) is 4. The second-order valence-corrected chi connectivity index (χ2v) is 12.2. The van der Waals surface area contributed by atoms with Crippen molar-refractivity contribution in [3.8, 4) is 5.75 Å². The highest BCUT2D eigenvalue weighted by atomic mass is 16.5. The molecule has 2 aliphatic heterocycles. The molecular formula is C36H47N5O3. The quantitative estimate of drug-likeness (QED) is 0.310. The fourth-order valence-electron chi connectivity index (χ4n) is 5.99. The molecular weight excluding hydrogens is 550 g/mol. The Balaban J connectivity index is 0.999. The average molecular weight is 598 g/mol. The first-order chi connectivity index (χ1) is 21.4. The summed E-state index contributed by atoms with van der Waals surface area (Å²) in [4.78, 5) is 34.9. The molecule has 44 heavy (non-hydrogen) atoms. The van der Waals surface area contributed by atoms with Crippen LogP contribution in [0.1, 0.15) is 40.7 Å². The van der Waals surface area contributed by atoms with E-state index in [4.69, 9.17) is 4.74 Å². The fourth-order valence-corrected chi connectivity index (χ4v) is 5.99. The number of carbonyl (C=O) groups excluding carboxylic acids is 2. The van der Waals surface area contributed by atoms with Gasteiger partial charge in [0.1, 0.15) is 5.75 Å². The Hall–Kier alpha value is -3.88. The summed E-state index contributed by atoms with van der Waals surface area (Å²) in [7, 11) is 4.15. The number of rotatable bonds is 12. The van der Waals surface area contributed by atoms with Crippen LogP contribution in [0.25, 0.3) is 0 Å². The maximum absolute atomic E-state index is 13.3. The highest BCUT2D eigenvalue weighted by Crippen LogP contribution is 2.27. The first kappa shape index (κ1) is 31.5. The maximum Gasteiger partial charge on any atom is 0.251 e. The van der Waals surface area contributed by atoms with Gasteiger partial charge in [0, 0.05) is 76.1 Å². The van der Waals surface area contributed by atoms with Crippen LogP contribution in [0.5, 0.6) is 5.75 Å². The van der Waals surface area contributed by atoms with Gasteiger partial charge in [-0.05, 0) is 80.9 Å². The van der Waals surface area contributed by atoms with E-state index in [1.54, 1.807) is 0 Å². The van der Waals surface area contributed by atoms with Gasteiger partial charge in [0.05, 0.1) is 6.61 Å². The normalized spacial score (nSPS) is 16.2. The third-order valence-electron chi connectivity index (χ3n) is 8.67. The third kappa shape index (κ3) is 9.07. The van der Waals surface area contributed by atoms with Crippen LogP contribution < -0.4 is 15.0 Å². The second-order valence-electron chi connectivity index (χ2n) is 12.2. The van der Waals surface area contributed by atoms with E-state index in [0.29, 0.717) is 18.0 Å². The molecule has 0 spiro atoms. The molecule has 0 radical (unpaired) electrons. The molecule has 8 heteroatoms. The van der Waals surface area contributed by atoms with Crippen molar-refractivity contribution in [3.63, 3.8) is 0 Å². The first-order valence-corrected chi connectivity index (χ1v) is 16.0. The lowest BCUT2D eigenvalue weighted by molar-refractivity contribution is -0.138. The third-order valence-corrected chi connectivity index (χ3v) is 8.67. The molecule has 234 valence electrons. The van der Waals surface area contributed by atoms with Crippen molar-refractivity contribution in [2.45, 2.75) is 32.4 Å². The van der Waals surface area contributed by atoms with Crippen molar-refractivity contribution >= 4 is 17.5 Å². The van der Waals surface area contributed by atoms with Crippen LogP contribution in [-0.2, 0) is 17.9 Å². The van der Waals surface area contributed by atoms with Crippen LogP contribution in [0.15, 0.2) is 78.9 Å². The van der Waals surface area contributed by atoms with Gasteiger partial charge >= 0.3 is 0 Å². The van der Waals surface area contributed by atoms with E-state index >= 15 is 0 Å². The number of carbonyl (C=O) groups is 2. The standard InChI is InChI=1S/C36H47N5O3/c1-38(2)19-6-26-44-34-15-13-33(14-16-34)40-20-17-32(18-21-40)36(43)41-24-22-39(23-25-41)28-30-9-11-31(12-10-30)35(42)37-27-29-7-4-3-5-8-29/h3-5,7-16,32H,6,17-28H2,1-2H3,(H,37,42). The topological polar surface area (TPSA) is 68.4 Å². The van der Waals surface area contributed by atoms with Gasteiger partial charge in [-0.3, -0.25) is 14.5 Å². The number of nitrogens with one attached hydrogen (secondary N) is 1. The predicted octanol–water partition coefficient (Wildman–Crippen LogP) is 4.51. The summed E-state index contributed by atoms with van der Waals surface area (Å²) in [5, 5.41) is 2.99. The summed E-state index contributed by atoms with van der Waals surface area (Å²) < 4.78 is 5.88. The van der Waals surface area contributed by atoms with Crippen LogP contribution in [0.4, 0.5) is 5.69 Å². The van der Waals surface area contributed by atoms with Gasteiger partial charge in [-0.1, -0.05) is 42.5 Å². The zero-order valence-corrected chi connectivity index (χ0v) is 26.3. The molecule has 8 nitrogen and oxygen atoms in total. The lowest BCUT2D eigenvalue weighted by atomic mass is 9.94. The molecule has 1 N–H and O–H groups in total. The average Bonchev–Trinajstić information content (AvgIpc) is 3.07. The lowest BCUT2D eigenvalue weighted by Crippen LogP contribution is -2.51. The highest BCUT2D eigenvalue weighted by molar-refractivity contribution is 5.94. The molecule has 2 fully saturated rings. The van der Waals surface area contributed by atoms with E-state index in [-0.39, 0.29) is 11.8 Å². The Morgan fingerprint density at radius 1 is 0.818 bits per heavy atom. The van der Waals surface area contributed by atoms with Crippen molar-refractivity contribution in [2.24, 2.45) is 5.92 Å². The number of hydrogen-bond acceptors (Lipinski definition) is 6. The predicted molar refractivity (Wildman–Crippen MR) is 176 cm³/mol. The van der Waals surface area contributed by atoms with E-state index in [1.165, 1.54) is 11.3 Å². The van der Waals surface area contributed by atoms with Crippen LogP contribution >= 0.6 is 0 Å². The molecule has 0 aromatic heterocycles. The summed E-state index contributed by atoms with van der Waals surface area (Å²) in [5.41, 5.74) is 4.13. The van der Waals surface area contributed by atoms with Gasteiger partial charge in [-0.2, -0.15) is 0 Å². The zero-order chi connectivity index (χ0) is 30.7. The summed E-state index contributed by atoms with van der Waals surface area (Å²) in [6.45, 7) is 8.18. The van der Waals surface area contributed by atoms with E-state index in [9.17, 15) is 9.59 Å². The summed E-state index contributed by atoms with van der Waals surface area (Å²) in [5.74, 6) is 1.28. The molecule has 3 aromatic rings. The number of piperazine rings is 1. The number of piperidine rings is 1. The van der Waals surface area contributed by atoms with E-state index in [0.717, 1.165) is 89.5 Å². The Labute approximate surface area is 262 Å². The molecule has 5 rings (SSSR count). The molecule has 0 aliphatic carbocycles. The molecule has 0 saturated carbocycles. The van der Waals surface area contributed by atoms with Crippen molar-refractivity contribution < 1.29 is 14.3 Å². The summed E-state index contributed by atoms with van der Waals surface area (Å²) in [6.07, 6.45) is 2.80. The molecule has 2 heterocycles. The molecule has 0 unspecified atom stereocenters. The minimum absolute atomic E-state index is 0.0625. The van der Waals surface area contributed by atoms with E-state index in [1.807, 2.05) is 54.6 Å². The van der Waals surface area contributed by atoms with Crippen LogP contribution in [0.3, 0.4) is 0 Å².